The first kappa shape index (κ1) is 15.7. The molecule has 24 heavy (non-hydrogen) atoms. The number of halogens is 1. The number of hydrogen-bond acceptors (Lipinski definition) is 2. The number of nitrogens with zero attached hydrogens (tertiary/aromatic N) is 1. The van der Waals surface area contributed by atoms with Gasteiger partial charge in [-0.25, -0.2) is 0 Å². The molecule has 3 aromatic rings. The third-order valence-electron chi connectivity index (χ3n) is 4.66. The van der Waals surface area contributed by atoms with Gasteiger partial charge in [0.05, 0.1) is 10.6 Å². The Bertz CT molecular complexity index is 863. The summed E-state index contributed by atoms with van der Waals surface area (Å²) in [6.45, 7) is 0.342. The number of amides is 1. The van der Waals surface area contributed by atoms with Gasteiger partial charge in [0.1, 0.15) is 6.54 Å². The van der Waals surface area contributed by atoms with Crippen LogP contribution in [0.4, 0.5) is 0 Å². The second kappa shape index (κ2) is 6.61. The summed E-state index contributed by atoms with van der Waals surface area (Å²) in [5, 5.41) is 7.03. The second-order valence-corrected chi connectivity index (χ2v) is 7.73. The van der Waals surface area contributed by atoms with Crippen molar-refractivity contribution in [2.75, 3.05) is 0 Å². The fraction of sp³-hybridized carbons (Fsp3) is 0.316. The Kier molecular flexibility index (Phi) is 4.33. The van der Waals surface area contributed by atoms with Crippen LogP contribution in [0.2, 0.25) is 5.02 Å². The Labute approximate surface area is 150 Å². The van der Waals surface area contributed by atoms with Crippen LogP contribution < -0.4 is 5.32 Å². The van der Waals surface area contributed by atoms with Crippen LogP contribution in [-0.4, -0.2) is 16.5 Å². The number of nitrogens with one attached hydrogen (secondary N) is 1. The Hall–Kier alpha value is -1.78. The van der Waals surface area contributed by atoms with Crippen LogP contribution in [0.1, 0.15) is 25.7 Å². The lowest BCUT2D eigenvalue weighted by atomic mass is 10.2. The summed E-state index contributed by atoms with van der Waals surface area (Å²) < 4.78 is 2.10. The van der Waals surface area contributed by atoms with Crippen LogP contribution in [0.15, 0.2) is 41.8 Å². The molecule has 3 nitrogen and oxygen atoms in total. The number of carbonyl (C=O) groups excluding carboxylic acids is 1. The average molecular weight is 359 g/mol. The van der Waals surface area contributed by atoms with E-state index < -0.39 is 0 Å². The van der Waals surface area contributed by atoms with Gasteiger partial charge in [-0.05, 0) is 48.6 Å². The second-order valence-electron chi connectivity index (χ2n) is 6.35. The van der Waals surface area contributed by atoms with E-state index >= 15 is 0 Å². The van der Waals surface area contributed by atoms with Gasteiger partial charge < -0.3 is 9.88 Å². The number of aromatic nitrogens is 1. The molecule has 0 bridgehead atoms. The van der Waals surface area contributed by atoms with E-state index in [0.29, 0.717) is 17.6 Å². The van der Waals surface area contributed by atoms with E-state index in [4.69, 9.17) is 11.6 Å². The standard InChI is InChI=1S/C19H19ClN2OS/c20-14-7-8-16-13(10-14)11-17(18-6-3-9-24-18)22(16)12-19(23)21-15-4-1-2-5-15/h3,6-11,15H,1-2,4-5,12H2,(H,21,23). The van der Waals surface area contributed by atoms with E-state index in [-0.39, 0.29) is 5.91 Å². The molecule has 2 heterocycles. The van der Waals surface area contributed by atoms with Crippen molar-refractivity contribution < 1.29 is 4.79 Å². The Morgan fingerprint density at radius 1 is 1.25 bits per heavy atom. The maximum absolute atomic E-state index is 12.5. The molecule has 1 N–H and O–H groups in total. The smallest absolute Gasteiger partial charge is 0.240 e. The highest BCUT2D eigenvalue weighted by Crippen LogP contribution is 2.32. The Balaban J connectivity index is 1.69. The summed E-state index contributed by atoms with van der Waals surface area (Å²) in [4.78, 5) is 13.7. The summed E-state index contributed by atoms with van der Waals surface area (Å²) in [5.41, 5.74) is 2.12. The molecule has 0 spiro atoms. The zero-order valence-electron chi connectivity index (χ0n) is 13.3. The van der Waals surface area contributed by atoms with Gasteiger partial charge in [-0.15, -0.1) is 11.3 Å². The molecule has 1 aliphatic carbocycles. The molecule has 0 saturated heterocycles. The molecular weight excluding hydrogens is 340 g/mol. The number of fused-ring (bicyclic) bond motifs is 1. The SMILES string of the molecule is O=C(Cn1c(-c2cccs2)cc2cc(Cl)ccc21)NC1CCCC1. The van der Waals surface area contributed by atoms with Crippen LogP contribution in [0.25, 0.3) is 21.5 Å². The summed E-state index contributed by atoms with van der Waals surface area (Å²) >= 11 is 7.82. The molecule has 1 amide bonds. The molecule has 0 aliphatic heterocycles. The van der Waals surface area contributed by atoms with Crippen molar-refractivity contribution in [2.45, 2.75) is 38.3 Å². The summed E-state index contributed by atoms with van der Waals surface area (Å²) in [5.74, 6) is 0.0900. The highest BCUT2D eigenvalue weighted by molar-refractivity contribution is 7.13. The monoisotopic (exact) mass is 358 g/mol. The van der Waals surface area contributed by atoms with E-state index in [9.17, 15) is 4.79 Å². The maximum atomic E-state index is 12.5. The molecule has 5 heteroatoms. The number of thiophene rings is 1. The van der Waals surface area contributed by atoms with Gasteiger partial charge in [0, 0.05) is 22.0 Å². The molecule has 0 atom stereocenters. The average Bonchev–Trinajstić information content (AvgIpc) is 3.28. The maximum Gasteiger partial charge on any atom is 0.240 e. The number of hydrogen-bond donors (Lipinski definition) is 1. The van der Waals surface area contributed by atoms with Crippen LogP contribution in [0.5, 0.6) is 0 Å². The molecule has 1 aromatic carbocycles. The molecule has 0 radical (unpaired) electrons. The first-order valence-corrected chi connectivity index (χ1v) is 9.58. The highest BCUT2D eigenvalue weighted by atomic mass is 35.5. The molecule has 1 saturated carbocycles. The van der Waals surface area contributed by atoms with Crippen LogP contribution in [0.3, 0.4) is 0 Å². The lowest BCUT2D eigenvalue weighted by molar-refractivity contribution is -0.122. The van der Waals surface area contributed by atoms with Gasteiger partial charge in [0.25, 0.3) is 0 Å². The molecule has 2 aromatic heterocycles. The zero-order valence-corrected chi connectivity index (χ0v) is 14.9. The van der Waals surface area contributed by atoms with E-state index in [2.05, 4.69) is 27.4 Å². The van der Waals surface area contributed by atoms with Gasteiger partial charge in [0.15, 0.2) is 0 Å². The fourth-order valence-electron chi connectivity index (χ4n) is 3.53. The van der Waals surface area contributed by atoms with Crippen molar-refractivity contribution in [1.29, 1.82) is 0 Å². The molecule has 1 fully saturated rings. The van der Waals surface area contributed by atoms with Gasteiger partial charge in [-0.3, -0.25) is 4.79 Å². The minimum Gasteiger partial charge on any atom is -0.352 e. The van der Waals surface area contributed by atoms with Crippen LogP contribution >= 0.6 is 22.9 Å². The third-order valence-corrected chi connectivity index (χ3v) is 5.79. The quantitative estimate of drug-likeness (QED) is 0.693. The van der Waals surface area contributed by atoms with E-state index in [1.165, 1.54) is 12.8 Å². The third kappa shape index (κ3) is 3.08. The molecule has 1 aliphatic rings. The summed E-state index contributed by atoms with van der Waals surface area (Å²) in [6, 6.07) is 12.4. The van der Waals surface area contributed by atoms with Crippen molar-refractivity contribution >= 4 is 39.7 Å². The van der Waals surface area contributed by atoms with Crippen LogP contribution in [0, 0.1) is 0 Å². The fourth-order valence-corrected chi connectivity index (χ4v) is 4.46. The Morgan fingerprint density at radius 3 is 2.83 bits per heavy atom. The van der Waals surface area contributed by atoms with Gasteiger partial charge in [-0.1, -0.05) is 30.5 Å². The van der Waals surface area contributed by atoms with Crippen molar-refractivity contribution in [3.8, 4) is 10.6 Å². The van der Waals surface area contributed by atoms with E-state index in [1.807, 2.05) is 24.3 Å². The van der Waals surface area contributed by atoms with Crippen molar-refractivity contribution in [2.24, 2.45) is 0 Å². The normalized spacial score (nSPS) is 15.2. The van der Waals surface area contributed by atoms with Crippen molar-refractivity contribution in [3.63, 3.8) is 0 Å². The lowest BCUT2D eigenvalue weighted by Gasteiger charge is -2.14. The molecular formula is C19H19ClN2OS. The topological polar surface area (TPSA) is 34.0 Å². The van der Waals surface area contributed by atoms with E-state index in [1.54, 1.807) is 11.3 Å². The van der Waals surface area contributed by atoms with E-state index in [0.717, 1.165) is 34.3 Å². The minimum absolute atomic E-state index is 0.0900. The highest BCUT2D eigenvalue weighted by Gasteiger charge is 2.19. The van der Waals surface area contributed by atoms with Crippen LogP contribution in [-0.2, 0) is 11.3 Å². The number of benzene rings is 1. The number of rotatable bonds is 4. The van der Waals surface area contributed by atoms with Crippen molar-refractivity contribution in [1.82, 2.24) is 9.88 Å². The number of carbonyl (C=O) groups is 1. The summed E-state index contributed by atoms with van der Waals surface area (Å²) in [6.07, 6.45) is 4.64. The lowest BCUT2D eigenvalue weighted by Crippen LogP contribution is -2.35. The predicted molar refractivity (Wildman–Crippen MR) is 101 cm³/mol. The van der Waals surface area contributed by atoms with Crippen molar-refractivity contribution in [3.05, 3.63) is 46.8 Å². The van der Waals surface area contributed by atoms with Gasteiger partial charge in [0.2, 0.25) is 5.91 Å². The van der Waals surface area contributed by atoms with Gasteiger partial charge >= 0.3 is 0 Å². The first-order chi connectivity index (χ1) is 11.7. The van der Waals surface area contributed by atoms with Gasteiger partial charge in [-0.2, -0.15) is 0 Å². The summed E-state index contributed by atoms with van der Waals surface area (Å²) in [7, 11) is 0. The molecule has 124 valence electrons. The Morgan fingerprint density at radius 2 is 2.08 bits per heavy atom. The largest absolute Gasteiger partial charge is 0.352 e. The predicted octanol–water partition coefficient (Wildman–Crippen LogP) is 5.08. The minimum atomic E-state index is 0.0900. The first-order valence-electron chi connectivity index (χ1n) is 8.33. The zero-order chi connectivity index (χ0) is 16.5. The molecule has 4 rings (SSSR count). The molecule has 0 unspecified atom stereocenters.